The second-order valence-corrected chi connectivity index (χ2v) is 6.24. The number of aromatic nitrogens is 2. The Morgan fingerprint density at radius 3 is 2.86 bits per heavy atom. The van der Waals surface area contributed by atoms with E-state index >= 15 is 0 Å². The largest absolute Gasteiger partial charge is 0.378 e. The third-order valence-electron chi connectivity index (χ3n) is 3.92. The lowest BCUT2D eigenvalue weighted by molar-refractivity contribution is 0.463. The first-order valence-electron chi connectivity index (χ1n) is 7.24. The fourth-order valence-corrected chi connectivity index (χ4v) is 3.28. The van der Waals surface area contributed by atoms with Crippen molar-refractivity contribution in [2.24, 2.45) is 0 Å². The molecule has 0 unspecified atom stereocenters. The van der Waals surface area contributed by atoms with Crippen molar-refractivity contribution in [3.63, 3.8) is 0 Å². The molecule has 1 heterocycles. The van der Waals surface area contributed by atoms with Gasteiger partial charge < -0.3 is 5.32 Å². The summed E-state index contributed by atoms with van der Waals surface area (Å²) in [7, 11) is 0. The summed E-state index contributed by atoms with van der Waals surface area (Å²) in [6.07, 6.45) is 7.21. The van der Waals surface area contributed by atoms with Gasteiger partial charge in [0.2, 0.25) is 0 Å². The highest BCUT2D eigenvalue weighted by Crippen LogP contribution is 2.29. The van der Waals surface area contributed by atoms with E-state index in [1.165, 1.54) is 25.7 Å². The molecule has 4 nitrogen and oxygen atoms in total. The second-order valence-electron chi connectivity index (χ2n) is 5.39. The molecule has 2 aromatic rings. The van der Waals surface area contributed by atoms with Gasteiger partial charge >= 0.3 is 0 Å². The number of nitrogens with one attached hydrogen (secondary N) is 1. The highest BCUT2D eigenvalue weighted by Gasteiger charge is 2.17. The van der Waals surface area contributed by atoms with E-state index in [4.69, 9.17) is 5.26 Å². The van der Waals surface area contributed by atoms with Crippen molar-refractivity contribution >= 4 is 21.6 Å². The zero-order valence-corrected chi connectivity index (χ0v) is 13.3. The van der Waals surface area contributed by atoms with Crippen molar-refractivity contribution < 1.29 is 0 Å². The van der Waals surface area contributed by atoms with E-state index < -0.39 is 0 Å². The summed E-state index contributed by atoms with van der Waals surface area (Å²) in [5.74, 6) is 0. The summed E-state index contributed by atoms with van der Waals surface area (Å²) in [4.78, 5) is 0. The van der Waals surface area contributed by atoms with Crippen molar-refractivity contribution in [1.29, 1.82) is 5.26 Å². The summed E-state index contributed by atoms with van der Waals surface area (Å²) < 4.78 is 3.01. The molecule has 3 rings (SSSR count). The van der Waals surface area contributed by atoms with Crippen LogP contribution in [0.5, 0.6) is 0 Å². The number of hydrogen-bond acceptors (Lipinski definition) is 3. The van der Waals surface area contributed by atoms with Crippen molar-refractivity contribution in [1.82, 2.24) is 9.78 Å². The molecule has 1 aromatic carbocycles. The number of nitriles is 1. The van der Waals surface area contributed by atoms with Crippen LogP contribution in [0.15, 0.2) is 34.9 Å². The van der Waals surface area contributed by atoms with Gasteiger partial charge in [-0.25, -0.2) is 0 Å². The molecule has 0 spiro atoms. The Hall–Kier alpha value is -1.80. The molecule has 0 atom stereocenters. The molecule has 0 saturated heterocycles. The molecule has 1 saturated carbocycles. The molecule has 1 N–H and O–H groups in total. The van der Waals surface area contributed by atoms with Crippen LogP contribution in [0, 0.1) is 11.3 Å². The minimum atomic E-state index is 0.584. The standard InChI is InChI=1S/C16H17BrN4/c17-15-9-12(10-18)5-6-16(15)19-11-13-7-8-21(20-13)14-3-1-2-4-14/h5-9,14,19H,1-4,11H2. The SMILES string of the molecule is N#Cc1ccc(NCc2ccn(C3CCCC3)n2)c(Br)c1. The van der Waals surface area contributed by atoms with Gasteiger partial charge in [-0.2, -0.15) is 10.4 Å². The van der Waals surface area contributed by atoms with Crippen LogP contribution in [0.25, 0.3) is 0 Å². The van der Waals surface area contributed by atoms with Crippen molar-refractivity contribution in [3.05, 3.63) is 46.2 Å². The highest BCUT2D eigenvalue weighted by atomic mass is 79.9. The van der Waals surface area contributed by atoms with Crippen molar-refractivity contribution in [3.8, 4) is 6.07 Å². The zero-order chi connectivity index (χ0) is 14.7. The molecule has 0 aliphatic heterocycles. The topological polar surface area (TPSA) is 53.6 Å². The zero-order valence-electron chi connectivity index (χ0n) is 11.7. The van der Waals surface area contributed by atoms with Crippen molar-refractivity contribution in [2.75, 3.05) is 5.32 Å². The number of rotatable bonds is 4. The number of anilines is 1. The molecule has 5 heteroatoms. The van der Waals surface area contributed by atoms with Gasteiger partial charge in [-0.05, 0) is 53.0 Å². The number of halogens is 1. The molecular formula is C16H17BrN4. The summed E-state index contributed by atoms with van der Waals surface area (Å²) >= 11 is 3.48. The monoisotopic (exact) mass is 344 g/mol. The molecule has 1 aliphatic rings. The Morgan fingerprint density at radius 1 is 1.33 bits per heavy atom. The molecule has 1 aliphatic carbocycles. The summed E-state index contributed by atoms with van der Waals surface area (Å²) in [6, 6.07) is 10.3. The fourth-order valence-electron chi connectivity index (χ4n) is 2.76. The first-order chi connectivity index (χ1) is 10.3. The maximum Gasteiger partial charge on any atom is 0.0992 e. The van der Waals surface area contributed by atoms with Crippen LogP contribution in [-0.2, 0) is 6.54 Å². The number of hydrogen-bond donors (Lipinski definition) is 1. The predicted molar refractivity (Wildman–Crippen MR) is 85.9 cm³/mol. The van der Waals surface area contributed by atoms with Gasteiger partial charge in [-0.3, -0.25) is 4.68 Å². The van der Waals surface area contributed by atoms with E-state index in [-0.39, 0.29) is 0 Å². The lowest BCUT2D eigenvalue weighted by atomic mass is 10.2. The summed E-state index contributed by atoms with van der Waals surface area (Å²) in [5.41, 5.74) is 2.67. The first kappa shape index (κ1) is 14.2. The van der Waals surface area contributed by atoms with Crippen LogP contribution in [-0.4, -0.2) is 9.78 Å². The molecule has 0 radical (unpaired) electrons. The average Bonchev–Trinajstić information content (AvgIpc) is 3.16. The van der Waals surface area contributed by atoms with Gasteiger partial charge in [0.1, 0.15) is 0 Å². The van der Waals surface area contributed by atoms with E-state index in [0.717, 1.165) is 15.9 Å². The van der Waals surface area contributed by atoms with E-state index in [1.807, 2.05) is 18.2 Å². The Labute approximate surface area is 132 Å². The number of benzene rings is 1. The van der Waals surface area contributed by atoms with E-state index in [2.05, 4.69) is 49.4 Å². The van der Waals surface area contributed by atoms with Gasteiger partial charge in [-0.1, -0.05) is 12.8 Å². The van der Waals surface area contributed by atoms with Gasteiger partial charge in [0, 0.05) is 16.4 Å². The van der Waals surface area contributed by atoms with Gasteiger partial charge in [0.05, 0.1) is 29.9 Å². The van der Waals surface area contributed by atoms with Crippen LogP contribution in [0.2, 0.25) is 0 Å². The Morgan fingerprint density at radius 2 is 2.14 bits per heavy atom. The maximum absolute atomic E-state index is 8.86. The molecule has 21 heavy (non-hydrogen) atoms. The smallest absolute Gasteiger partial charge is 0.0992 e. The van der Waals surface area contributed by atoms with Crippen LogP contribution < -0.4 is 5.32 Å². The van der Waals surface area contributed by atoms with E-state index in [1.54, 1.807) is 0 Å². The van der Waals surface area contributed by atoms with Crippen LogP contribution in [0.1, 0.15) is 43.0 Å². The fraction of sp³-hybridized carbons (Fsp3) is 0.375. The third kappa shape index (κ3) is 3.27. The Balaban J connectivity index is 1.64. The summed E-state index contributed by atoms with van der Waals surface area (Å²) in [6.45, 7) is 0.685. The molecule has 0 bridgehead atoms. The third-order valence-corrected chi connectivity index (χ3v) is 4.58. The van der Waals surface area contributed by atoms with Gasteiger partial charge in [0.25, 0.3) is 0 Å². The minimum Gasteiger partial charge on any atom is -0.378 e. The van der Waals surface area contributed by atoms with Gasteiger partial charge in [0.15, 0.2) is 0 Å². The normalized spacial score (nSPS) is 15.0. The lowest BCUT2D eigenvalue weighted by Gasteiger charge is -2.09. The highest BCUT2D eigenvalue weighted by molar-refractivity contribution is 9.10. The van der Waals surface area contributed by atoms with Crippen LogP contribution in [0.4, 0.5) is 5.69 Å². The van der Waals surface area contributed by atoms with E-state index in [0.29, 0.717) is 18.2 Å². The molecule has 1 aromatic heterocycles. The molecule has 0 amide bonds. The van der Waals surface area contributed by atoms with Crippen LogP contribution >= 0.6 is 15.9 Å². The Bertz CT molecular complexity index is 665. The number of nitrogens with zero attached hydrogens (tertiary/aromatic N) is 3. The molecule has 108 valence electrons. The summed E-state index contributed by atoms with van der Waals surface area (Å²) in [5, 5.41) is 16.9. The molecule has 1 fully saturated rings. The average molecular weight is 345 g/mol. The Kier molecular flexibility index (Phi) is 4.26. The second kappa shape index (κ2) is 6.31. The minimum absolute atomic E-state index is 0.584. The van der Waals surface area contributed by atoms with Crippen molar-refractivity contribution in [2.45, 2.75) is 38.3 Å². The van der Waals surface area contributed by atoms with Crippen LogP contribution in [0.3, 0.4) is 0 Å². The maximum atomic E-state index is 8.86. The predicted octanol–water partition coefficient (Wildman–Crippen LogP) is 4.24. The van der Waals surface area contributed by atoms with Gasteiger partial charge in [-0.15, -0.1) is 0 Å². The molecular weight excluding hydrogens is 328 g/mol. The lowest BCUT2D eigenvalue weighted by Crippen LogP contribution is -2.07. The first-order valence-corrected chi connectivity index (χ1v) is 8.03. The van der Waals surface area contributed by atoms with E-state index in [9.17, 15) is 0 Å². The quantitative estimate of drug-likeness (QED) is 0.902.